The molecule has 1 saturated carbocycles. The Bertz CT molecular complexity index is 2130. The summed E-state index contributed by atoms with van der Waals surface area (Å²) in [5, 5.41) is 0. The molecule has 0 aromatic heterocycles. The van der Waals surface area contributed by atoms with Gasteiger partial charge in [0.25, 0.3) is 0 Å². The zero-order valence-electron chi connectivity index (χ0n) is 34.2. The van der Waals surface area contributed by atoms with E-state index in [1.165, 1.54) is 37.5 Å². The first kappa shape index (κ1) is 40.3. The van der Waals surface area contributed by atoms with Crippen LogP contribution >= 0.6 is 0 Å². The van der Waals surface area contributed by atoms with Crippen LogP contribution in [-0.2, 0) is 43.0 Å². The van der Waals surface area contributed by atoms with Gasteiger partial charge in [-0.15, -0.1) is 0 Å². The standard InChI is InChI=1S/C25H28O5.C23H26O4/c1-15(26)29-14-23(28)22-8-7-20-19-6-5-17-13-18(30-16(2)27)9-11-24(17,3)21(19)10-12-25(20,22)4;1-14(24)27-13-21(26)20-7-6-18-17-5-4-15-12-16(25)8-10-22(15,2)19(17)9-11-23(18,20)3/h5,8-11,13,19-20H,6-7,12,14H2,1-4H3;7-10,12,17-18H,4-6,11,13H2,1-3H3/t19?,20?,24-,25-;17?,18?,22-,23-/m00/s1. The Hall–Kier alpha value is -4.92. The second kappa shape index (κ2) is 14.8. The number of ether oxygens (including phenoxy) is 3. The summed E-state index contributed by atoms with van der Waals surface area (Å²) >= 11 is 0. The fourth-order valence-electron chi connectivity index (χ4n) is 11.6. The van der Waals surface area contributed by atoms with E-state index in [1.807, 2.05) is 18.2 Å². The molecule has 1 fully saturated rings. The van der Waals surface area contributed by atoms with Crippen molar-refractivity contribution in [2.24, 2.45) is 45.3 Å². The number of carbonyl (C=O) groups excluding carboxylic acids is 6. The SMILES string of the molecule is CC(=O)OCC(=O)C1=CCC2C3CC=C4C=C(OC(C)=O)C=C[C@]4(C)C3=CC[C@]12C.CC(=O)OCC(=O)C1=CCC2C3CCC4=CC(=O)C=C[C@]4(C)C3=CC[C@]12C. The van der Waals surface area contributed by atoms with E-state index in [-0.39, 0.29) is 58.2 Å². The van der Waals surface area contributed by atoms with Crippen molar-refractivity contribution >= 4 is 35.3 Å². The molecule has 0 aromatic carbocycles. The lowest BCUT2D eigenvalue weighted by atomic mass is 9.52. The molecule has 0 spiro atoms. The van der Waals surface area contributed by atoms with Crippen LogP contribution in [0.5, 0.6) is 0 Å². The topological polar surface area (TPSA) is 130 Å². The maximum absolute atomic E-state index is 12.7. The smallest absolute Gasteiger partial charge is 0.308 e. The molecule has 0 amide bonds. The van der Waals surface area contributed by atoms with Gasteiger partial charge in [0.15, 0.2) is 30.6 Å². The molecule has 0 heterocycles. The van der Waals surface area contributed by atoms with Crippen LogP contribution in [-0.4, -0.2) is 48.5 Å². The summed E-state index contributed by atoms with van der Waals surface area (Å²) in [5.41, 5.74) is 5.99. The van der Waals surface area contributed by atoms with E-state index >= 15 is 0 Å². The van der Waals surface area contributed by atoms with Crippen LogP contribution in [0.4, 0.5) is 0 Å². The third-order valence-electron chi connectivity index (χ3n) is 14.5. The third kappa shape index (κ3) is 6.95. The summed E-state index contributed by atoms with van der Waals surface area (Å²) < 4.78 is 15.2. The highest BCUT2D eigenvalue weighted by molar-refractivity contribution is 6.02. The van der Waals surface area contributed by atoms with Crippen LogP contribution < -0.4 is 0 Å². The van der Waals surface area contributed by atoms with Crippen LogP contribution in [0.3, 0.4) is 0 Å². The first-order valence-electron chi connectivity index (χ1n) is 20.3. The molecule has 8 aliphatic carbocycles. The molecule has 9 heteroatoms. The van der Waals surface area contributed by atoms with Gasteiger partial charge in [0.2, 0.25) is 0 Å². The molecule has 0 aliphatic heterocycles. The molecule has 0 saturated heterocycles. The first-order chi connectivity index (χ1) is 26.9. The minimum absolute atomic E-state index is 0.0715. The van der Waals surface area contributed by atoms with Crippen molar-refractivity contribution in [2.45, 2.75) is 93.4 Å². The van der Waals surface area contributed by atoms with Gasteiger partial charge in [0.1, 0.15) is 5.76 Å². The molecule has 57 heavy (non-hydrogen) atoms. The van der Waals surface area contributed by atoms with Gasteiger partial charge in [-0.1, -0.05) is 73.1 Å². The zero-order chi connectivity index (χ0) is 41.1. The Labute approximate surface area is 335 Å². The van der Waals surface area contributed by atoms with Gasteiger partial charge in [-0.05, 0) is 112 Å². The number of fused-ring (bicyclic) bond motifs is 10. The Morgan fingerprint density at radius 2 is 1.19 bits per heavy atom. The minimum atomic E-state index is -0.433. The average molecular weight is 775 g/mol. The van der Waals surface area contributed by atoms with Gasteiger partial charge >= 0.3 is 17.9 Å². The maximum Gasteiger partial charge on any atom is 0.308 e. The number of ketones is 3. The van der Waals surface area contributed by atoms with Crippen molar-refractivity contribution in [1.82, 2.24) is 0 Å². The van der Waals surface area contributed by atoms with Crippen molar-refractivity contribution in [2.75, 3.05) is 13.2 Å². The summed E-state index contributed by atoms with van der Waals surface area (Å²) in [5.74, 6) is 0.822. The van der Waals surface area contributed by atoms with Crippen molar-refractivity contribution in [1.29, 1.82) is 0 Å². The third-order valence-corrected chi connectivity index (χ3v) is 14.5. The van der Waals surface area contributed by atoms with E-state index < -0.39 is 11.9 Å². The molecule has 8 aliphatic rings. The number of carbonyl (C=O) groups is 6. The van der Waals surface area contributed by atoms with Gasteiger partial charge in [0.05, 0.1) is 0 Å². The predicted molar refractivity (Wildman–Crippen MR) is 214 cm³/mol. The Balaban J connectivity index is 0.000000175. The predicted octanol–water partition coefficient (Wildman–Crippen LogP) is 8.25. The number of rotatable bonds is 7. The van der Waals surface area contributed by atoms with E-state index in [9.17, 15) is 28.8 Å². The quantitative estimate of drug-likeness (QED) is 0.143. The number of hydrogen-bond acceptors (Lipinski definition) is 9. The summed E-state index contributed by atoms with van der Waals surface area (Å²) in [6, 6.07) is 0. The number of esters is 3. The Morgan fingerprint density at radius 1 is 0.649 bits per heavy atom. The van der Waals surface area contributed by atoms with Crippen LogP contribution in [0.15, 0.2) is 106 Å². The normalized spacial score (nSPS) is 35.1. The molecule has 9 nitrogen and oxygen atoms in total. The largest absolute Gasteiger partial charge is 0.457 e. The van der Waals surface area contributed by atoms with Crippen LogP contribution in [0.2, 0.25) is 0 Å². The van der Waals surface area contributed by atoms with E-state index in [0.717, 1.165) is 61.7 Å². The van der Waals surface area contributed by atoms with Gasteiger partial charge in [-0.3, -0.25) is 28.8 Å². The Kier molecular flexibility index (Phi) is 10.4. The molecule has 8 atom stereocenters. The molecule has 4 unspecified atom stereocenters. The van der Waals surface area contributed by atoms with Crippen molar-refractivity contribution in [3.63, 3.8) is 0 Å². The second-order valence-corrected chi connectivity index (χ2v) is 17.8. The average Bonchev–Trinajstić information content (AvgIpc) is 3.70. The Morgan fingerprint density at radius 3 is 1.75 bits per heavy atom. The molecule has 8 rings (SSSR count). The molecule has 0 radical (unpaired) electrons. The number of allylic oxidation sites excluding steroid dienone is 15. The molecule has 0 bridgehead atoms. The lowest BCUT2D eigenvalue weighted by molar-refractivity contribution is -0.145. The van der Waals surface area contributed by atoms with Crippen molar-refractivity contribution in [3.8, 4) is 0 Å². The van der Waals surface area contributed by atoms with E-state index in [2.05, 4.69) is 70.2 Å². The van der Waals surface area contributed by atoms with Crippen LogP contribution in [0, 0.1) is 45.3 Å². The number of Topliss-reactive ketones (excluding diaryl/α,β-unsaturated/α-hetero) is 2. The van der Waals surface area contributed by atoms with Gasteiger partial charge in [-0.25, -0.2) is 0 Å². The monoisotopic (exact) mass is 774 g/mol. The molecule has 0 aromatic rings. The fourth-order valence-corrected chi connectivity index (χ4v) is 11.6. The van der Waals surface area contributed by atoms with Crippen LogP contribution in [0.25, 0.3) is 0 Å². The maximum atomic E-state index is 12.7. The highest BCUT2D eigenvalue weighted by Crippen LogP contribution is 2.63. The highest BCUT2D eigenvalue weighted by Gasteiger charge is 2.55. The molecule has 300 valence electrons. The molecular weight excluding hydrogens is 721 g/mol. The van der Waals surface area contributed by atoms with E-state index in [4.69, 9.17) is 14.2 Å². The lowest BCUT2D eigenvalue weighted by Gasteiger charge is -2.51. The summed E-state index contributed by atoms with van der Waals surface area (Å²) in [4.78, 5) is 70.7. The van der Waals surface area contributed by atoms with Gasteiger partial charge in [-0.2, -0.15) is 0 Å². The van der Waals surface area contributed by atoms with E-state index in [0.29, 0.717) is 29.4 Å². The zero-order valence-corrected chi connectivity index (χ0v) is 34.2. The summed E-state index contributed by atoms with van der Waals surface area (Å²) in [6.07, 6.45) is 28.8. The van der Waals surface area contributed by atoms with Crippen molar-refractivity contribution < 1.29 is 43.0 Å². The number of hydrogen-bond donors (Lipinski definition) is 0. The molecular formula is C48H54O9. The summed E-state index contributed by atoms with van der Waals surface area (Å²) in [7, 11) is 0. The van der Waals surface area contributed by atoms with Gasteiger partial charge in [0, 0.05) is 53.6 Å². The fraction of sp³-hybridized carbons (Fsp3) is 0.500. The van der Waals surface area contributed by atoms with Crippen LogP contribution in [0.1, 0.15) is 93.4 Å². The first-order valence-corrected chi connectivity index (χ1v) is 20.3. The molecule has 0 N–H and O–H groups in total. The highest BCUT2D eigenvalue weighted by atomic mass is 16.5. The van der Waals surface area contributed by atoms with E-state index in [1.54, 1.807) is 6.08 Å². The lowest BCUT2D eigenvalue weighted by Crippen LogP contribution is -2.43. The van der Waals surface area contributed by atoms with Crippen molar-refractivity contribution in [3.05, 3.63) is 106 Å². The summed E-state index contributed by atoms with van der Waals surface area (Å²) in [6.45, 7) is 12.5. The van der Waals surface area contributed by atoms with Gasteiger partial charge < -0.3 is 14.2 Å². The second-order valence-electron chi connectivity index (χ2n) is 17.8. The minimum Gasteiger partial charge on any atom is -0.457 e.